The van der Waals surface area contributed by atoms with Crippen molar-refractivity contribution in [3.63, 3.8) is 0 Å². The Morgan fingerprint density at radius 1 is 1.38 bits per heavy atom. The maximum atomic E-state index is 12.0. The van der Waals surface area contributed by atoms with E-state index in [0.717, 1.165) is 17.0 Å². The molecule has 2 amide bonds. The van der Waals surface area contributed by atoms with Crippen molar-refractivity contribution in [2.75, 3.05) is 6.54 Å². The van der Waals surface area contributed by atoms with Crippen molar-refractivity contribution in [1.29, 1.82) is 0 Å². The van der Waals surface area contributed by atoms with E-state index in [0.29, 0.717) is 5.56 Å². The summed E-state index contributed by atoms with van der Waals surface area (Å²) in [4.78, 5) is 28.0. The van der Waals surface area contributed by atoms with Crippen LogP contribution in [0.3, 0.4) is 0 Å². The van der Waals surface area contributed by atoms with E-state index in [4.69, 9.17) is 5.73 Å². The van der Waals surface area contributed by atoms with Crippen LogP contribution < -0.4 is 11.1 Å². The van der Waals surface area contributed by atoms with Gasteiger partial charge >= 0.3 is 0 Å². The summed E-state index contributed by atoms with van der Waals surface area (Å²) in [6.45, 7) is 2.23. The second-order valence-corrected chi connectivity index (χ2v) is 6.01. The minimum atomic E-state index is -0.426. The first-order chi connectivity index (χ1) is 10.0. The van der Waals surface area contributed by atoms with E-state index >= 15 is 0 Å². The van der Waals surface area contributed by atoms with Crippen molar-refractivity contribution in [3.05, 3.63) is 51.5 Å². The molecule has 2 aromatic rings. The van der Waals surface area contributed by atoms with Crippen LogP contribution in [0.5, 0.6) is 0 Å². The van der Waals surface area contributed by atoms with Crippen LogP contribution in [0.15, 0.2) is 30.5 Å². The number of aryl methyl sites for hydroxylation is 1. The van der Waals surface area contributed by atoms with Gasteiger partial charge in [0.2, 0.25) is 5.91 Å². The number of thiazole rings is 1. The minimum Gasteiger partial charge on any atom is -0.370 e. The largest absolute Gasteiger partial charge is 0.370 e. The number of amides is 2. The van der Waals surface area contributed by atoms with Crippen LogP contribution in [-0.2, 0) is 11.2 Å². The zero-order valence-electron chi connectivity index (χ0n) is 11.8. The van der Waals surface area contributed by atoms with Crippen LogP contribution in [0.25, 0.3) is 0 Å². The van der Waals surface area contributed by atoms with Gasteiger partial charge in [0.15, 0.2) is 0 Å². The Bertz CT molecular complexity index is 652. The van der Waals surface area contributed by atoms with Gasteiger partial charge in [-0.15, -0.1) is 11.3 Å². The van der Waals surface area contributed by atoms with Crippen molar-refractivity contribution in [3.8, 4) is 0 Å². The molecule has 0 saturated carbocycles. The molecule has 1 aromatic carbocycles. The summed E-state index contributed by atoms with van der Waals surface area (Å²) in [5, 5.41) is 3.71. The van der Waals surface area contributed by atoms with Gasteiger partial charge in [-0.05, 0) is 24.6 Å². The lowest BCUT2D eigenvalue weighted by Gasteiger charge is -2.05. The van der Waals surface area contributed by atoms with Crippen molar-refractivity contribution >= 4 is 23.2 Å². The summed E-state index contributed by atoms with van der Waals surface area (Å²) in [5.41, 5.74) is 6.67. The maximum absolute atomic E-state index is 12.0. The molecule has 1 aromatic heterocycles. The average Bonchev–Trinajstić information content (AvgIpc) is 2.84. The number of nitrogens with zero attached hydrogens (tertiary/aromatic N) is 1. The Morgan fingerprint density at radius 3 is 2.86 bits per heavy atom. The lowest BCUT2D eigenvalue weighted by atomic mass is 10.1. The fourth-order valence-corrected chi connectivity index (χ4v) is 2.74. The number of carbonyl (C=O) groups is 2. The van der Waals surface area contributed by atoms with E-state index in [1.54, 1.807) is 17.4 Å². The first-order valence-electron chi connectivity index (χ1n) is 6.61. The van der Waals surface area contributed by atoms with Crippen LogP contribution >= 0.6 is 11.3 Å². The third-order valence-corrected chi connectivity index (χ3v) is 3.81. The molecule has 0 fully saturated rings. The molecule has 0 aliphatic rings. The Hall–Kier alpha value is -2.21. The third kappa shape index (κ3) is 4.68. The number of primary amides is 1. The van der Waals surface area contributed by atoms with Gasteiger partial charge in [0, 0.05) is 36.0 Å². The number of nitrogens with two attached hydrogens (primary N) is 1. The van der Waals surface area contributed by atoms with Gasteiger partial charge in [-0.1, -0.05) is 12.1 Å². The minimum absolute atomic E-state index is 0.144. The standard InChI is InChI=1S/C15H17N3O2S/c1-10-18-9-13(21-10)8-11-3-2-4-12(7-11)15(20)17-6-5-14(16)19/h2-4,7,9H,5-6,8H2,1H3,(H2,16,19)(H,17,20). The molecule has 1 heterocycles. The number of carbonyl (C=O) groups excluding carboxylic acids is 2. The molecular weight excluding hydrogens is 286 g/mol. The highest BCUT2D eigenvalue weighted by Crippen LogP contribution is 2.17. The highest BCUT2D eigenvalue weighted by molar-refractivity contribution is 7.11. The summed E-state index contributed by atoms with van der Waals surface area (Å²) < 4.78 is 0. The molecule has 0 spiro atoms. The molecule has 110 valence electrons. The zero-order chi connectivity index (χ0) is 15.2. The molecule has 21 heavy (non-hydrogen) atoms. The highest BCUT2D eigenvalue weighted by Gasteiger charge is 2.07. The smallest absolute Gasteiger partial charge is 0.251 e. The quantitative estimate of drug-likeness (QED) is 0.851. The van der Waals surface area contributed by atoms with E-state index in [1.165, 1.54) is 4.88 Å². The lowest BCUT2D eigenvalue weighted by molar-refractivity contribution is -0.117. The fraction of sp³-hybridized carbons (Fsp3) is 0.267. The number of benzene rings is 1. The summed E-state index contributed by atoms with van der Waals surface area (Å²) in [6, 6.07) is 7.44. The molecule has 2 rings (SSSR count). The number of hydrogen-bond donors (Lipinski definition) is 2. The molecular formula is C15H17N3O2S. The first-order valence-corrected chi connectivity index (χ1v) is 7.43. The van der Waals surface area contributed by atoms with Gasteiger partial charge in [0.1, 0.15) is 0 Å². The number of hydrogen-bond acceptors (Lipinski definition) is 4. The Morgan fingerprint density at radius 2 is 2.19 bits per heavy atom. The van der Waals surface area contributed by atoms with Gasteiger partial charge in [0.05, 0.1) is 5.01 Å². The van der Waals surface area contributed by atoms with E-state index in [2.05, 4.69) is 10.3 Å². The van der Waals surface area contributed by atoms with Crippen LogP contribution in [-0.4, -0.2) is 23.3 Å². The van der Waals surface area contributed by atoms with Crippen LogP contribution in [0.4, 0.5) is 0 Å². The van der Waals surface area contributed by atoms with Gasteiger partial charge in [-0.25, -0.2) is 4.98 Å². The van der Waals surface area contributed by atoms with E-state index in [9.17, 15) is 9.59 Å². The van der Waals surface area contributed by atoms with E-state index in [-0.39, 0.29) is 18.9 Å². The predicted octanol–water partition coefficient (Wildman–Crippen LogP) is 1.65. The monoisotopic (exact) mass is 303 g/mol. The van der Waals surface area contributed by atoms with Crippen molar-refractivity contribution in [1.82, 2.24) is 10.3 Å². The van der Waals surface area contributed by atoms with Crippen molar-refractivity contribution < 1.29 is 9.59 Å². The van der Waals surface area contributed by atoms with Gasteiger partial charge < -0.3 is 11.1 Å². The van der Waals surface area contributed by atoms with Gasteiger partial charge in [-0.3, -0.25) is 9.59 Å². The molecule has 3 N–H and O–H groups in total. The van der Waals surface area contributed by atoms with E-state index in [1.807, 2.05) is 31.3 Å². The van der Waals surface area contributed by atoms with E-state index < -0.39 is 5.91 Å². The van der Waals surface area contributed by atoms with Crippen LogP contribution in [0.2, 0.25) is 0 Å². The second kappa shape index (κ2) is 6.99. The van der Waals surface area contributed by atoms with Gasteiger partial charge in [0.25, 0.3) is 5.91 Å². The molecule has 0 aliphatic heterocycles. The SMILES string of the molecule is Cc1ncc(Cc2cccc(C(=O)NCCC(N)=O)c2)s1. The highest BCUT2D eigenvalue weighted by atomic mass is 32.1. The van der Waals surface area contributed by atoms with Crippen LogP contribution in [0.1, 0.15) is 32.2 Å². The maximum Gasteiger partial charge on any atom is 0.251 e. The number of nitrogens with one attached hydrogen (secondary N) is 1. The first kappa shape index (κ1) is 15.2. The molecule has 6 heteroatoms. The van der Waals surface area contributed by atoms with Crippen LogP contribution in [0, 0.1) is 6.92 Å². The molecule has 5 nitrogen and oxygen atoms in total. The predicted molar refractivity (Wildman–Crippen MR) is 82.2 cm³/mol. The normalized spacial score (nSPS) is 10.3. The topological polar surface area (TPSA) is 85.1 Å². The molecule has 0 unspecified atom stereocenters. The molecule has 0 radical (unpaired) electrons. The third-order valence-electron chi connectivity index (χ3n) is 2.89. The molecule has 0 aliphatic carbocycles. The Balaban J connectivity index is 1.99. The van der Waals surface area contributed by atoms with Gasteiger partial charge in [-0.2, -0.15) is 0 Å². The number of rotatable bonds is 6. The summed E-state index contributed by atoms with van der Waals surface area (Å²) in [5.74, 6) is -0.622. The fourth-order valence-electron chi connectivity index (χ4n) is 1.91. The van der Waals surface area contributed by atoms with Crippen molar-refractivity contribution in [2.45, 2.75) is 19.8 Å². The molecule has 0 atom stereocenters. The summed E-state index contributed by atoms with van der Waals surface area (Å²) in [7, 11) is 0. The van der Waals surface area contributed by atoms with Crippen molar-refractivity contribution in [2.24, 2.45) is 5.73 Å². The summed E-state index contributed by atoms with van der Waals surface area (Å²) >= 11 is 1.65. The lowest BCUT2D eigenvalue weighted by Crippen LogP contribution is -2.27. The average molecular weight is 303 g/mol. The summed E-state index contributed by atoms with van der Waals surface area (Å²) in [6.07, 6.45) is 2.76. The zero-order valence-corrected chi connectivity index (χ0v) is 12.6. The number of aromatic nitrogens is 1. The molecule has 0 saturated heterocycles. The Kier molecular flexibility index (Phi) is 5.05. The Labute approximate surface area is 127 Å². The second-order valence-electron chi connectivity index (χ2n) is 4.69. The molecule has 0 bridgehead atoms.